The van der Waals surface area contributed by atoms with E-state index in [1.54, 1.807) is 16.7 Å². The van der Waals surface area contributed by atoms with E-state index in [0.717, 1.165) is 11.1 Å². The maximum absolute atomic E-state index is 12.2. The minimum atomic E-state index is -1.62. The third-order valence-corrected chi connectivity index (χ3v) is 6.80. The zero-order chi connectivity index (χ0) is 29.2. The van der Waals surface area contributed by atoms with E-state index in [1.165, 1.54) is 26.6 Å². The van der Waals surface area contributed by atoms with Gasteiger partial charge < -0.3 is 38.5 Å². The molecule has 218 valence electrons. The number of aromatic amines is 1. The molecule has 0 saturated carbocycles. The lowest BCUT2D eigenvalue weighted by molar-refractivity contribution is 0.0244. The fourth-order valence-corrected chi connectivity index (χ4v) is 4.48. The zero-order valence-corrected chi connectivity index (χ0v) is 23.6. The summed E-state index contributed by atoms with van der Waals surface area (Å²) < 4.78 is 39.7. The van der Waals surface area contributed by atoms with Crippen LogP contribution in [0.4, 0.5) is 10.7 Å². The van der Waals surface area contributed by atoms with Crippen molar-refractivity contribution >= 4 is 31.6 Å². The molecule has 0 fully saturated rings. The molecule has 2 heterocycles. The van der Waals surface area contributed by atoms with Crippen molar-refractivity contribution in [1.82, 2.24) is 19.5 Å². The number of H-pyrrole nitrogens is 1. The van der Waals surface area contributed by atoms with Gasteiger partial charge in [-0.15, -0.1) is 0 Å². The van der Waals surface area contributed by atoms with Gasteiger partial charge in [-0.25, -0.2) is 9.78 Å². The number of methoxy groups -OCH3 is 2. The minimum Gasteiger partial charge on any atom is -0.493 e. The Labute approximate surface area is 236 Å². The first-order chi connectivity index (χ1) is 19.9. The van der Waals surface area contributed by atoms with Crippen molar-refractivity contribution in [3.05, 3.63) is 70.3 Å². The fraction of sp³-hybridized carbons (Fsp3) is 0.308. The average molecular weight is 588 g/mol. The van der Waals surface area contributed by atoms with Gasteiger partial charge in [0.1, 0.15) is 12.1 Å². The number of aryl methyl sites for hydroxylation is 1. The number of aromatic nitrogens is 4. The number of nitrogens with zero attached hydrogens (tertiary/aromatic N) is 3. The van der Waals surface area contributed by atoms with E-state index in [4.69, 9.17) is 38.5 Å². The van der Waals surface area contributed by atoms with Gasteiger partial charge in [0.15, 0.2) is 22.7 Å². The number of carbonyl (C=O) groups excluding carboxylic acids is 1. The van der Waals surface area contributed by atoms with Gasteiger partial charge in [-0.1, -0.05) is 29.8 Å². The van der Waals surface area contributed by atoms with Gasteiger partial charge in [-0.05, 0) is 24.6 Å². The molecule has 3 N–H and O–H groups in total. The summed E-state index contributed by atoms with van der Waals surface area (Å²) >= 11 is 0. The molecule has 0 amide bonds. The molecular weight excluding hydrogens is 557 g/mol. The lowest BCUT2D eigenvalue weighted by Gasteiger charge is -2.18. The van der Waals surface area contributed by atoms with Crippen molar-refractivity contribution < 1.29 is 37.5 Å². The first-order valence-electron chi connectivity index (χ1n) is 12.3. The Kier molecular flexibility index (Phi) is 10.5. The molecule has 0 spiro atoms. The van der Waals surface area contributed by atoms with Crippen LogP contribution in [0.15, 0.2) is 53.6 Å². The number of anilines is 1. The molecule has 41 heavy (non-hydrogen) atoms. The highest BCUT2D eigenvalue weighted by Gasteiger charge is 2.16. The fourth-order valence-electron chi connectivity index (χ4n) is 3.52. The van der Waals surface area contributed by atoms with Gasteiger partial charge in [0.05, 0.1) is 33.8 Å². The quantitative estimate of drug-likeness (QED) is 0.0721. The smallest absolute Gasteiger partial charge is 0.493 e. The summed E-state index contributed by atoms with van der Waals surface area (Å²) in [5.41, 5.74) is 7.84. The first-order valence-corrected chi connectivity index (χ1v) is 13.7. The Hall–Kier alpha value is -4.23. The minimum absolute atomic E-state index is 0.00347. The molecule has 1 atom stereocenters. The standard InChI is InChI=1S/C26H30N5O9P/c1-17-4-6-18(7-5-17)13-38-41(16-36-11-10-31-14-28-22-23(31)29-25(27)30-24(22)32)39-15-37-26(33)40-19-8-9-20(34-2)21(12-19)35-3/h4-9,12,14H,10-11,13,15-16H2,1-3H3,(H3,27,29,30,32). The summed E-state index contributed by atoms with van der Waals surface area (Å²) in [5, 5.41) is 0. The number of hydrogen-bond donors (Lipinski definition) is 2. The van der Waals surface area contributed by atoms with Crippen LogP contribution in [0.1, 0.15) is 11.1 Å². The number of nitrogens with one attached hydrogen (secondary N) is 1. The molecule has 2 aromatic heterocycles. The molecule has 4 aromatic rings. The molecule has 15 heteroatoms. The van der Waals surface area contributed by atoms with Crippen LogP contribution in [0.25, 0.3) is 11.2 Å². The van der Waals surface area contributed by atoms with Gasteiger partial charge in [0.2, 0.25) is 21.1 Å². The molecule has 0 aliphatic heterocycles. The molecule has 0 aliphatic carbocycles. The summed E-state index contributed by atoms with van der Waals surface area (Å²) in [6.45, 7) is 2.42. The van der Waals surface area contributed by atoms with Crippen LogP contribution in [-0.4, -0.2) is 59.6 Å². The van der Waals surface area contributed by atoms with Crippen molar-refractivity contribution in [2.75, 3.05) is 39.7 Å². The van der Waals surface area contributed by atoms with Crippen LogP contribution >= 0.6 is 8.38 Å². The molecule has 0 aliphatic rings. The summed E-state index contributed by atoms with van der Waals surface area (Å²) in [6, 6.07) is 12.5. The largest absolute Gasteiger partial charge is 0.515 e. The third-order valence-electron chi connectivity index (χ3n) is 5.59. The molecule has 0 radical (unpaired) electrons. The second-order valence-electron chi connectivity index (χ2n) is 8.45. The molecule has 0 bridgehead atoms. The van der Waals surface area contributed by atoms with Gasteiger partial charge >= 0.3 is 6.16 Å². The van der Waals surface area contributed by atoms with Crippen LogP contribution in [0.5, 0.6) is 17.2 Å². The maximum atomic E-state index is 12.2. The number of nitrogens with two attached hydrogens (primary N) is 1. The summed E-state index contributed by atoms with van der Waals surface area (Å²) in [6.07, 6.45) is 0.596. The number of carbonyl (C=O) groups is 1. The van der Waals surface area contributed by atoms with Gasteiger partial charge in [-0.3, -0.25) is 14.3 Å². The molecule has 2 aromatic carbocycles. The van der Waals surface area contributed by atoms with Crippen LogP contribution in [0, 0.1) is 6.92 Å². The number of imidazole rings is 1. The van der Waals surface area contributed by atoms with E-state index in [9.17, 15) is 9.59 Å². The Bertz CT molecular complexity index is 1510. The maximum Gasteiger partial charge on any atom is 0.515 e. The van der Waals surface area contributed by atoms with Crippen LogP contribution in [0.2, 0.25) is 0 Å². The van der Waals surface area contributed by atoms with Crippen molar-refractivity contribution in [2.24, 2.45) is 0 Å². The Morgan fingerprint density at radius 1 is 1.07 bits per heavy atom. The Morgan fingerprint density at radius 2 is 1.85 bits per heavy atom. The van der Waals surface area contributed by atoms with Crippen LogP contribution in [0.3, 0.4) is 0 Å². The van der Waals surface area contributed by atoms with E-state index < -0.39 is 26.9 Å². The predicted molar refractivity (Wildman–Crippen MR) is 149 cm³/mol. The second-order valence-corrected chi connectivity index (χ2v) is 9.89. The van der Waals surface area contributed by atoms with E-state index in [-0.39, 0.29) is 36.8 Å². The number of hydrogen-bond acceptors (Lipinski definition) is 12. The zero-order valence-electron chi connectivity index (χ0n) is 22.7. The van der Waals surface area contributed by atoms with Gasteiger partial charge in [-0.2, -0.15) is 4.98 Å². The summed E-state index contributed by atoms with van der Waals surface area (Å²) in [4.78, 5) is 34.8. The molecule has 14 nitrogen and oxygen atoms in total. The lowest BCUT2D eigenvalue weighted by Crippen LogP contribution is -2.14. The van der Waals surface area contributed by atoms with E-state index >= 15 is 0 Å². The van der Waals surface area contributed by atoms with Crippen LogP contribution < -0.4 is 25.5 Å². The monoisotopic (exact) mass is 587 g/mol. The Morgan fingerprint density at radius 3 is 2.61 bits per heavy atom. The highest BCUT2D eigenvalue weighted by molar-refractivity contribution is 7.46. The number of nitrogen functional groups attached to an aromatic ring is 1. The first kappa shape index (κ1) is 29.7. The topological polar surface area (TPSA) is 171 Å². The van der Waals surface area contributed by atoms with Crippen LogP contribution in [-0.2, 0) is 31.7 Å². The molecular formula is C26H30N5O9P. The Balaban J connectivity index is 1.29. The summed E-state index contributed by atoms with van der Waals surface area (Å²) in [7, 11) is 1.36. The average Bonchev–Trinajstić information content (AvgIpc) is 3.37. The van der Waals surface area contributed by atoms with Crippen molar-refractivity contribution in [2.45, 2.75) is 20.1 Å². The normalized spacial score (nSPS) is 11.8. The summed E-state index contributed by atoms with van der Waals surface area (Å²) in [5.74, 6) is 1.09. The molecule has 1 unspecified atom stereocenters. The van der Waals surface area contributed by atoms with Gasteiger partial charge in [0.25, 0.3) is 5.56 Å². The van der Waals surface area contributed by atoms with E-state index in [0.29, 0.717) is 23.7 Å². The van der Waals surface area contributed by atoms with Crippen molar-refractivity contribution in [1.29, 1.82) is 0 Å². The highest BCUT2D eigenvalue weighted by Crippen LogP contribution is 2.39. The molecule has 0 saturated heterocycles. The second kappa shape index (κ2) is 14.4. The molecule has 4 rings (SSSR count). The number of fused-ring (bicyclic) bond motifs is 1. The SMILES string of the molecule is COc1ccc(OC(=O)OCOP(COCCn2cnc3c(=O)[nH]c(N)nc32)OCc2ccc(C)cc2)cc1OC. The van der Waals surface area contributed by atoms with Gasteiger partial charge in [0, 0.05) is 12.6 Å². The lowest BCUT2D eigenvalue weighted by atomic mass is 10.2. The van der Waals surface area contributed by atoms with E-state index in [1.807, 2.05) is 31.2 Å². The predicted octanol–water partition coefficient (Wildman–Crippen LogP) is 3.72. The van der Waals surface area contributed by atoms with E-state index in [2.05, 4.69) is 15.0 Å². The van der Waals surface area contributed by atoms with Crippen molar-refractivity contribution in [3.8, 4) is 17.2 Å². The highest BCUT2D eigenvalue weighted by atomic mass is 31.2. The number of benzene rings is 2. The van der Waals surface area contributed by atoms with Crippen molar-refractivity contribution in [3.63, 3.8) is 0 Å². The number of rotatable bonds is 14. The third kappa shape index (κ3) is 8.38. The number of ether oxygens (including phenoxy) is 5.